The van der Waals surface area contributed by atoms with Gasteiger partial charge in [0.1, 0.15) is 24.6 Å². The Morgan fingerprint density at radius 1 is 1.12 bits per heavy atom. The van der Waals surface area contributed by atoms with E-state index in [1.165, 1.54) is 22.2 Å². The van der Waals surface area contributed by atoms with Crippen LogP contribution in [0.25, 0.3) is 20.7 Å². The van der Waals surface area contributed by atoms with Gasteiger partial charge < -0.3 is 14.8 Å². The van der Waals surface area contributed by atoms with Gasteiger partial charge in [0.25, 0.3) is 5.56 Å². The van der Waals surface area contributed by atoms with Crippen LogP contribution in [0.1, 0.15) is 18.5 Å². The predicted octanol–water partition coefficient (Wildman–Crippen LogP) is 3.77. The molecule has 0 spiro atoms. The van der Waals surface area contributed by atoms with Crippen molar-refractivity contribution in [3.8, 4) is 21.9 Å². The first-order valence-electron chi connectivity index (χ1n) is 10.3. The Balaban J connectivity index is 1.32. The fourth-order valence-corrected chi connectivity index (χ4v) is 4.67. The van der Waals surface area contributed by atoms with Gasteiger partial charge in [-0.15, -0.1) is 11.3 Å². The van der Waals surface area contributed by atoms with Gasteiger partial charge in [-0.3, -0.25) is 14.2 Å². The summed E-state index contributed by atoms with van der Waals surface area (Å²) >= 11 is 1.46. The number of carbonyl (C=O) groups is 1. The lowest BCUT2D eigenvalue weighted by Gasteiger charge is -2.21. The van der Waals surface area contributed by atoms with E-state index < -0.39 is 0 Å². The number of rotatable bonds is 5. The number of nitrogens with zero attached hydrogens (tertiary/aromatic N) is 2. The molecule has 0 saturated heterocycles. The lowest BCUT2D eigenvalue weighted by Crippen LogP contribution is -2.33. The van der Waals surface area contributed by atoms with Crippen LogP contribution >= 0.6 is 11.3 Å². The summed E-state index contributed by atoms with van der Waals surface area (Å²) in [5.41, 5.74) is 1.71. The number of hydrogen-bond acceptors (Lipinski definition) is 6. The Hall–Kier alpha value is -3.65. The smallest absolute Gasteiger partial charge is 0.262 e. The zero-order chi connectivity index (χ0) is 22.1. The molecule has 1 aliphatic rings. The number of nitrogens with one attached hydrogen (secondary N) is 1. The standard InChI is InChI=1S/C24H21N3O4S/c1-15(17-7-8-19-20(11-17)31-10-9-30-19)26-22(28)13-27-14-25-23-18(24(27)29)12-21(32-23)16-5-3-2-4-6-16/h2-8,11-12,14-15H,9-10,13H2,1H3,(H,26,28)/t15-/m1/s1. The van der Waals surface area contributed by atoms with Crippen LogP contribution in [0.2, 0.25) is 0 Å². The van der Waals surface area contributed by atoms with Gasteiger partial charge in [0.15, 0.2) is 11.5 Å². The monoisotopic (exact) mass is 447 g/mol. The van der Waals surface area contributed by atoms with E-state index in [9.17, 15) is 9.59 Å². The molecule has 0 aliphatic carbocycles. The highest BCUT2D eigenvalue weighted by Crippen LogP contribution is 2.33. The molecular formula is C24H21N3O4S. The van der Waals surface area contributed by atoms with Gasteiger partial charge in [0.2, 0.25) is 5.91 Å². The molecule has 162 valence electrons. The van der Waals surface area contributed by atoms with Crippen LogP contribution in [0.3, 0.4) is 0 Å². The average molecular weight is 448 g/mol. The van der Waals surface area contributed by atoms with Gasteiger partial charge >= 0.3 is 0 Å². The highest BCUT2D eigenvalue weighted by molar-refractivity contribution is 7.21. The summed E-state index contributed by atoms with van der Waals surface area (Å²) in [6, 6.07) is 17.1. The molecule has 2 aromatic carbocycles. The van der Waals surface area contributed by atoms with E-state index in [0.29, 0.717) is 34.9 Å². The first-order valence-corrected chi connectivity index (χ1v) is 11.1. The summed E-state index contributed by atoms with van der Waals surface area (Å²) in [7, 11) is 0. The van der Waals surface area contributed by atoms with E-state index >= 15 is 0 Å². The lowest BCUT2D eigenvalue weighted by molar-refractivity contribution is -0.122. The maximum Gasteiger partial charge on any atom is 0.262 e. The van der Waals surface area contributed by atoms with Gasteiger partial charge in [-0.05, 0) is 36.2 Å². The van der Waals surface area contributed by atoms with Crippen molar-refractivity contribution in [3.05, 3.63) is 76.8 Å². The van der Waals surface area contributed by atoms with Crippen LogP contribution in [-0.2, 0) is 11.3 Å². The normalized spacial score (nSPS) is 13.7. The van der Waals surface area contributed by atoms with Crippen LogP contribution in [0, 0.1) is 0 Å². The minimum atomic E-state index is -0.269. The molecule has 5 rings (SSSR count). The molecule has 0 fully saturated rings. The van der Waals surface area contributed by atoms with E-state index in [0.717, 1.165) is 16.0 Å². The molecule has 1 atom stereocenters. The molecule has 7 nitrogen and oxygen atoms in total. The number of ether oxygens (including phenoxy) is 2. The summed E-state index contributed by atoms with van der Waals surface area (Å²) in [5, 5.41) is 3.46. The first kappa shape index (κ1) is 20.3. The molecule has 1 aliphatic heterocycles. The molecule has 0 unspecified atom stereocenters. The van der Waals surface area contributed by atoms with Crippen molar-refractivity contribution < 1.29 is 14.3 Å². The Labute approximate surface area is 188 Å². The number of thiophene rings is 1. The van der Waals surface area contributed by atoms with E-state index in [1.807, 2.05) is 61.5 Å². The highest BCUT2D eigenvalue weighted by Gasteiger charge is 2.17. The maximum absolute atomic E-state index is 12.9. The van der Waals surface area contributed by atoms with Gasteiger partial charge in [0, 0.05) is 4.88 Å². The SMILES string of the molecule is C[C@@H](NC(=O)Cn1cnc2sc(-c3ccccc3)cc2c1=O)c1ccc2c(c1)OCCO2. The minimum absolute atomic E-state index is 0.104. The summed E-state index contributed by atoms with van der Waals surface area (Å²) in [4.78, 5) is 31.6. The number of amides is 1. The number of carbonyl (C=O) groups excluding carboxylic acids is 1. The third-order valence-electron chi connectivity index (χ3n) is 5.33. The molecule has 8 heteroatoms. The topological polar surface area (TPSA) is 82.5 Å². The predicted molar refractivity (Wildman–Crippen MR) is 123 cm³/mol. The molecule has 0 bridgehead atoms. The van der Waals surface area contributed by atoms with Crippen molar-refractivity contribution >= 4 is 27.5 Å². The van der Waals surface area contributed by atoms with E-state index in [4.69, 9.17) is 9.47 Å². The third-order valence-corrected chi connectivity index (χ3v) is 6.43. The van der Waals surface area contributed by atoms with Crippen molar-refractivity contribution in [2.75, 3.05) is 13.2 Å². The highest BCUT2D eigenvalue weighted by atomic mass is 32.1. The second kappa shape index (κ2) is 8.47. The van der Waals surface area contributed by atoms with Gasteiger partial charge in [-0.2, -0.15) is 0 Å². The molecule has 32 heavy (non-hydrogen) atoms. The van der Waals surface area contributed by atoms with Gasteiger partial charge in [-0.1, -0.05) is 36.4 Å². The molecule has 0 saturated carbocycles. The van der Waals surface area contributed by atoms with Crippen LogP contribution in [0.5, 0.6) is 11.5 Å². The van der Waals surface area contributed by atoms with Crippen molar-refractivity contribution in [1.82, 2.24) is 14.9 Å². The summed E-state index contributed by atoms with van der Waals surface area (Å²) in [6.07, 6.45) is 1.43. The largest absolute Gasteiger partial charge is 0.486 e. The van der Waals surface area contributed by atoms with Gasteiger partial charge in [-0.25, -0.2) is 4.98 Å². The Morgan fingerprint density at radius 3 is 2.72 bits per heavy atom. The molecule has 0 radical (unpaired) electrons. The van der Waals surface area contributed by atoms with Crippen molar-refractivity contribution in [1.29, 1.82) is 0 Å². The lowest BCUT2D eigenvalue weighted by atomic mass is 10.1. The number of aromatic nitrogens is 2. The maximum atomic E-state index is 12.9. The average Bonchev–Trinajstić information content (AvgIpc) is 3.26. The third kappa shape index (κ3) is 3.97. The van der Waals surface area contributed by atoms with Crippen LogP contribution in [0.15, 0.2) is 65.7 Å². The number of benzene rings is 2. The second-order valence-electron chi connectivity index (χ2n) is 7.57. The summed E-state index contributed by atoms with van der Waals surface area (Å²) in [6.45, 7) is 2.82. The van der Waals surface area contributed by atoms with E-state index in [2.05, 4.69) is 10.3 Å². The van der Waals surface area contributed by atoms with Crippen LogP contribution in [0.4, 0.5) is 0 Å². The number of fused-ring (bicyclic) bond motifs is 2. The molecule has 4 aromatic rings. The second-order valence-corrected chi connectivity index (χ2v) is 8.60. The summed E-state index contributed by atoms with van der Waals surface area (Å²) in [5.74, 6) is 1.11. The molecule has 3 heterocycles. The fraction of sp³-hybridized carbons (Fsp3) is 0.208. The van der Waals surface area contributed by atoms with Crippen molar-refractivity contribution in [2.45, 2.75) is 19.5 Å². The molecular weight excluding hydrogens is 426 g/mol. The molecule has 1 N–H and O–H groups in total. The van der Waals surface area contributed by atoms with Crippen LogP contribution < -0.4 is 20.3 Å². The Kier molecular flexibility index (Phi) is 5.36. The zero-order valence-electron chi connectivity index (χ0n) is 17.4. The van der Waals surface area contributed by atoms with Crippen molar-refractivity contribution in [3.63, 3.8) is 0 Å². The molecule has 2 aromatic heterocycles. The Bertz CT molecular complexity index is 1350. The Morgan fingerprint density at radius 2 is 1.91 bits per heavy atom. The molecule has 1 amide bonds. The zero-order valence-corrected chi connectivity index (χ0v) is 18.2. The summed E-state index contributed by atoms with van der Waals surface area (Å²) < 4.78 is 12.5. The fourth-order valence-electron chi connectivity index (χ4n) is 3.67. The van der Waals surface area contributed by atoms with Crippen molar-refractivity contribution in [2.24, 2.45) is 0 Å². The minimum Gasteiger partial charge on any atom is -0.486 e. The quantitative estimate of drug-likeness (QED) is 0.504. The number of hydrogen-bond donors (Lipinski definition) is 1. The van der Waals surface area contributed by atoms with Crippen LogP contribution in [-0.4, -0.2) is 28.7 Å². The van der Waals surface area contributed by atoms with E-state index in [1.54, 1.807) is 0 Å². The van der Waals surface area contributed by atoms with E-state index in [-0.39, 0.29) is 24.1 Å². The van der Waals surface area contributed by atoms with Gasteiger partial charge in [0.05, 0.1) is 17.8 Å². The first-order chi connectivity index (χ1) is 15.6.